The fourth-order valence-electron chi connectivity index (χ4n) is 1.52. The number of carboxylic acid groups (broad SMARTS) is 1. The Kier molecular flexibility index (Phi) is 5.49. The lowest BCUT2D eigenvalue weighted by Crippen LogP contribution is -2.45. The zero-order valence-corrected chi connectivity index (χ0v) is 12.1. The molecule has 0 atom stereocenters. The summed E-state index contributed by atoms with van der Waals surface area (Å²) in [5.41, 5.74) is 0.000595. The van der Waals surface area contributed by atoms with Crippen molar-refractivity contribution >= 4 is 12.0 Å². The molecule has 20 heavy (non-hydrogen) atoms. The van der Waals surface area contributed by atoms with Crippen LogP contribution in [0.3, 0.4) is 0 Å². The molecule has 6 heteroatoms. The summed E-state index contributed by atoms with van der Waals surface area (Å²) < 4.78 is 0. The van der Waals surface area contributed by atoms with Crippen LogP contribution in [0.2, 0.25) is 0 Å². The number of nitrogens with zero attached hydrogens (tertiary/aromatic N) is 2. The van der Waals surface area contributed by atoms with E-state index in [-0.39, 0.29) is 12.6 Å². The number of hydrogen-bond acceptors (Lipinski definition) is 3. The third-order valence-corrected chi connectivity index (χ3v) is 3.05. The van der Waals surface area contributed by atoms with E-state index in [0.29, 0.717) is 13.1 Å². The standard InChI is InChI=1S/C14H21N3O3/c1-4-17(9-11-5-7-15-8-6-11)13(20)16-10-14(2,3)12(18)19/h5-8H,4,9-10H2,1-3H3,(H,16,20)(H,18,19). The van der Waals surface area contributed by atoms with Crippen LogP contribution in [0.4, 0.5) is 4.79 Å². The third kappa shape index (κ3) is 4.53. The molecule has 1 aromatic rings. The molecule has 0 saturated heterocycles. The van der Waals surface area contributed by atoms with Gasteiger partial charge in [-0.05, 0) is 38.5 Å². The smallest absolute Gasteiger partial charge is 0.317 e. The number of carbonyl (C=O) groups excluding carboxylic acids is 1. The molecule has 1 aromatic heterocycles. The van der Waals surface area contributed by atoms with Crippen molar-refractivity contribution in [2.24, 2.45) is 5.41 Å². The fraction of sp³-hybridized carbons (Fsp3) is 0.500. The zero-order chi connectivity index (χ0) is 15.2. The van der Waals surface area contributed by atoms with E-state index >= 15 is 0 Å². The van der Waals surface area contributed by atoms with Gasteiger partial charge in [-0.25, -0.2) is 4.79 Å². The van der Waals surface area contributed by atoms with Gasteiger partial charge < -0.3 is 15.3 Å². The molecule has 0 fully saturated rings. The first-order valence-electron chi connectivity index (χ1n) is 6.52. The molecule has 0 aromatic carbocycles. The first-order chi connectivity index (χ1) is 9.36. The lowest BCUT2D eigenvalue weighted by atomic mass is 9.94. The van der Waals surface area contributed by atoms with Gasteiger partial charge in [0, 0.05) is 32.0 Å². The van der Waals surface area contributed by atoms with E-state index < -0.39 is 11.4 Å². The molecular weight excluding hydrogens is 258 g/mol. The molecular formula is C14H21N3O3. The summed E-state index contributed by atoms with van der Waals surface area (Å²) in [5, 5.41) is 11.7. The minimum atomic E-state index is -0.980. The third-order valence-electron chi connectivity index (χ3n) is 3.05. The highest BCUT2D eigenvalue weighted by Gasteiger charge is 2.28. The van der Waals surface area contributed by atoms with Crippen LogP contribution in [0.15, 0.2) is 24.5 Å². The van der Waals surface area contributed by atoms with Crippen molar-refractivity contribution in [3.05, 3.63) is 30.1 Å². The van der Waals surface area contributed by atoms with E-state index in [1.54, 1.807) is 31.1 Å². The number of carbonyl (C=O) groups is 2. The van der Waals surface area contributed by atoms with Crippen molar-refractivity contribution in [1.29, 1.82) is 0 Å². The maximum Gasteiger partial charge on any atom is 0.317 e. The number of aromatic nitrogens is 1. The van der Waals surface area contributed by atoms with Crippen LogP contribution in [0, 0.1) is 5.41 Å². The highest BCUT2D eigenvalue weighted by molar-refractivity contribution is 5.77. The molecule has 0 aliphatic heterocycles. The van der Waals surface area contributed by atoms with Gasteiger partial charge in [-0.2, -0.15) is 0 Å². The minimum Gasteiger partial charge on any atom is -0.481 e. The number of aliphatic carboxylic acids is 1. The second-order valence-corrected chi connectivity index (χ2v) is 5.22. The lowest BCUT2D eigenvalue weighted by molar-refractivity contribution is -0.146. The van der Waals surface area contributed by atoms with Gasteiger partial charge in [0.15, 0.2) is 0 Å². The molecule has 0 bridgehead atoms. The van der Waals surface area contributed by atoms with Gasteiger partial charge in [0.2, 0.25) is 0 Å². The van der Waals surface area contributed by atoms with Gasteiger partial charge in [-0.15, -0.1) is 0 Å². The molecule has 0 spiro atoms. The summed E-state index contributed by atoms with van der Waals surface area (Å²) >= 11 is 0. The minimum absolute atomic E-state index is 0.0913. The maximum absolute atomic E-state index is 12.1. The van der Waals surface area contributed by atoms with Crippen LogP contribution >= 0.6 is 0 Å². The van der Waals surface area contributed by atoms with Crippen molar-refractivity contribution in [1.82, 2.24) is 15.2 Å². The fourth-order valence-corrected chi connectivity index (χ4v) is 1.52. The highest BCUT2D eigenvalue weighted by atomic mass is 16.4. The molecule has 0 aliphatic carbocycles. The van der Waals surface area contributed by atoms with E-state index in [9.17, 15) is 9.59 Å². The van der Waals surface area contributed by atoms with Crippen molar-refractivity contribution in [2.45, 2.75) is 27.3 Å². The van der Waals surface area contributed by atoms with Crippen molar-refractivity contribution in [3.63, 3.8) is 0 Å². The summed E-state index contributed by atoms with van der Waals surface area (Å²) in [7, 11) is 0. The van der Waals surface area contributed by atoms with Gasteiger partial charge in [0.25, 0.3) is 0 Å². The first kappa shape index (κ1) is 15.9. The molecule has 1 rings (SSSR count). The van der Waals surface area contributed by atoms with Gasteiger partial charge in [0.05, 0.1) is 5.41 Å². The number of urea groups is 1. The van der Waals surface area contributed by atoms with Crippen molar-refractivity contribution in [3.8, 4) is 0 Å². The van der Waals surface area contributed by atoms with Crippen LogP contribution in [0.5, 0.6) is 0 Å². The Bertz CT molecular complexity index is 460. The van der Waals surface area contributed by atoms with Crippen molar-refractivity contribution < 1.29 is 14.7 Å². The molecule has 1 heterocycles. The quantitative estimate of drug-likeness (QED) is 0.830. The number of pyridine rings is 1. The molecule has 0 aliphatic rings. The first-order valence-corrected chi connectivity index (χ1v) is 6.52. The second kappa shape index (κ2) is 6.88. The SMILES string of the molecule is CCN(Cc1ccncc1)C(=O)NCC(C)(C)C(=O)O. The van der Waals surface area contributed by atoms with Gasteiger partial charge in [-0.1, -0.05) is 0 Å². The predicted octanol–water partition coefficient (Wildman–Crippen LogP) is 1.72. The number of carboxylic acids is 1. The van der Waals surface area contributed by atoms with Gasteiger partial charge >= 0.3 is 12.0 Å². The summed E-state index contributed by atoms with van der Waals surface area (Å²) in [6.07, 6.45) is 3.35. The average molecular weight is 279 g/mol. The van der Waals surface area contributed by atoms with E-state index in [0.717, 1.165) is 5.56 Å². The van der Waals surface area contributed by atoms with E-state index in [1.807, 2.05) is 19.1 Å². The number of hydrogen-bond donors (Lipinski definition) is 2. The summed E-state index contributed by atoms with van der Waals surface area (Å²) in [4.78, 5) is 28.6. The molecule has 0 unspecified atom stereocenters. The number of amides is 2. The highest BCUT2D eigenvalue weighted by Crippen LogP contribution is 2.13. The lowest BCUT2D eigenvalue weighted by Gasteiger charge is -2.25. The van der Waals surface area contributed by atoms with Crippen LogP contribution < -0.4 is 5.32 Å². The summed E-state index contributed by atoms with van der Waals surface area (Å²) in [6, 6.07) is 3.42. The summed E-state index contributed by atoms with van der Waals surface area (Å²) in [6.45, 7) is 6.14. The van der Waals surface area contributed by atoms with Crippen LogP contribution in [-0.2, 0) is 11.3 Å². The molecule has 110 valence electrons. The van der Waals surface area contributed by atoms with Crippen molar-refractivity contribution in [2.75, 3.05) is 13.1 Å². The Labute approximate surface area is 118 Å². The number of rotatable bonds is 6. The molecule has 6 nitrogen and oxygen atoms in total. The van der Waals surface area contributed by atoms with Gasteiger partial charge in [0.1, 0.15) is 0 Å². The van der Waals surface area contributed by atoms with E-state index in [2.05, 4.69) is 10.3 Å². The van der Waals surface area contributed by atoms with E-state index in [4.69, 9.17) is 5.11 Å². The van der Waals surface area contributed by atoms with Crippen LogP contribution in [-0.4, -0.2) is 40.1 Å². The Morgan fingerprint density at radius 1 is 1.35 bits per heavy atom. The van der Waals surface area contributed by atoms with E-state index in [1.165, 1.54) is 0 Å². The van der Waals surface area contributed by atoms with Gasteiger partial charge in [-0.3, -0.25) is 9.78 Å². The molecule has 2 amide bonds. The normalized spacial score (nSPS) is 10.9. The Morgan fingerprint density at radius 3 is 2.45 bits per heavy atom. The van der Waals surface area contributed by atoms with Crippen LogP contribution in [0.1, 0.15) is 26.3 Å². The summed E-state index contributed by atoms with van der Waals surface area (Å²) in [5.74, 6) is -0.935. The Balaban J connectivity index is 2.58. The Morgan fingerprint density at radius 2 is 1.95 bits per heavy atom. The topological polar surface area (TPSA) is 82.5 Å². The Hall–Kier alpha value is -2.11. The molecule has 0 radical (unpaired) electrons. The van der Waals surface area contributed by atoms with Crippen LogP contribution in [0.25, 0.3) is 0 Å². The average Bonchev–Trinajstić information content (AvgIpc) is 2.43. The monoisotopic (exact) mass is 279 g/mol. The number of nitrogens with one attached hydrogen (secondary N) is 1. The predicted molar refractivity (Wildman–Crippen MR) is 75.1 cm³/mol. The maximum atomic E-state index is 12.1. The second-order valence-electron chi connectivity index (χ2n) is 5.22. The largest absolute Gasteiger partial charge is 0.481 e. The zero-order valence-electron chi connectivity index (χ0n) is 12.1. The molecule has 2 N–H and O–H groups in total. The molecule has 0 saturated carbocycles.